The van der Waals surface area contributed by atoms with Crippen molar-refractivity contribution in [2.75, 3.05) is 25.4 Å². The zero-order chi connectivity index (χ0) is 25.1. The summed E-state index contributed by atoms with van der Waals surface area (Å²) in [6.45, 7) is 0.409. The predicted molar refractivity (Wildman–Crippen MR) is 117 cm³/mol. The van der Waals surface area contributed by atoms with Gasteiger partial charge >= 0.3 is 6.18 Å². The van der Waals surface area contributed by atoms with Crippen LogP contribution >= 0.6 is 0 Å². The van der Waals surface area contributed by atoms with Crippen molar-refractivity contribution in [1.82, 2.24) is 29.4 Å². The van der Waals surface area contributed by atoms with Crippen molar-refractivity contribution in [1.29, 1.82) is 0 Å². The van der Waals surface area contributed by atoms with Crippen LogP contribution in [0.4, 0.5) is 23.4 Å². The highest BCUT2D eigenvalue weighted by Gasteiger charge is 2.58. The summed E-state index contributed by atoms with van der Waals surface area (Å²) in [6, 6.07) is 4.77. The van der Waals surface area contributed by atoms with E-state index >= 15 is 0 Å². The number of nitrogens with two attached hydrogens (primary N) is 1. The summed E-state index contributed by atoms with van der Waals surface area (Å²) in [6.07, 6.45) is -3.10. The molecule has 1 saturated heterocycles. The number of nitrogen functional groups attached to an aromatic ring is 1. The minimum absolute atomic E-state index is 0.242. The van der Waals surface area contributed by atoms with Gasteiger partial charge in [0.05, 0.1) is 18.3 Å². The largest absolute Gasteiger partial charge is 0.426 e. The Bertz CT molecular complexity index is 1290. The molecule has 0 spiro atoms. The van der Waals surface area contributed by atoms with E-state index in [1.165, 1.54) is 6.33 Å². The van der Waals surface area contributed by atoms with Crippen LogP contribution in [-0.2, 0) is 17.8 Å². The molecule has 0 radical (unpaired) electrons. The first-order chi connectivity index (χ1) is 16.5. The van der Waals surface area contributed by atoms with Crippen molar-refractivity contribution >= 4 is 17.2 Å². The van der Waals surface area contributed by atoms with E-state index in [9.17, 15) is 27.5 Å². The van der Waals surface area contributed by atoms with Crippen LogP contribution < -0.4 is 5.73 Å². The number of rotatable bonds is 3. The number of carbonyl (C=O) groups excluding carboxylic acids is 1. The maximum atomic E-state index is 14.9. The maximum Gasteiger partial charge on any atom is 0.426 e. The molecule has 186 valence electrons. The van der Waals surface area contributed by atoms with E-state index in [2.05, 4.69) is 15.1 Å². The third-order valence-electron chi connectivity index (χ3n) is 6.79. The van der Waals surface area contributed by atoms with Crippen LogP contribution in [0.15, 0.2) is 30.7 Å². The molecule has 5 heterocycles. The number of aliphatic hydroxyl groups is 1. The SMILES string of the molecule is C[C@@](O)(C(=O)N1CC(F)C(N2CCc3ncc(-c4ccc5c(N)ncnn45)cc3C2)C1)C(F)(F)F. The third-order valence-corrected chi connectivity index (χ3v) is 6.79. The predicted octanol–water partition coefficient (Wildman–Crippen LogP) is 1.59. The zero-order valence-electron chi connectivity index (χ0n) is 18.7. The summed E-state index contributed by atoms with van der Waals surface area (Å²) in [4.78, 5) is 23.4. The monoisotopic (exact) mass is 493 g/mol. The van der Waals surface area contributed by atoms with Crippen molar-refractivity contribution in [2.24, 2.45) is 0 Å². The summed E-state index contributed by atoms with van der Waals surface area (Å²) in [5.41, 5.74) is 6.20. The first-order valence-corrected chi connectivity index (χ1v) is 11.0. The quantitative estimate of drug-likeness (QED) is 0.533. The Balaban J connectivity index is 1.36. The summed E-state index contributed by atoms with van der Waals surface area (Å²) in [7, 11) is 0. The second kappa shape index (κ2) is 8.12. The van der Waals surface area contributed by atoms with Crippen molar-refractivity contribution in [3.63, 3.8) is 0 Å². The normalized spacial score (nSPS) is 22.9. The molecule has 2 aliphatic rings. The molecule has 2 unspecified atom stereocenters. The third kappa shape index (κ3) is 3.88. The van der Waals surface area contributed by atoms with Crippen LogP contribution in [0.5, 0.6) is 0 Å². The molecule has 5 rings (SSSR count). The molecule has 3 atom stereocenters. The van der Waals surface area contributed by atoms with Crippen molar-refractivity contribution in [3.05, 3.63) is 42.0 Å². The average Bonchev–Trinajstić information content (AvgIpc) is 3.41. The standard InChI is InChI=1S/C22H23F4N7O2/c1-21(35,22(24,25)26)20(34)32-9-14(23)18(10-32)31-5-4-15-13(8-31)6-12(7-28-15)16-2-3-17-19(27)29-11-30-33(16)17/h2-3,6-7,11,14,18,35H,4-5,8-10H2,1H3,(H2,27,29,30)/t14?,18?,21-/m1/s1. The van der Waals surface area contributed by atoms with Crippen LogP contribution in [0, 0.1) is 0 Å². The lowest BCUT2D eigenvalue weighted by atomic mass is 10.0. The summed E-state index contributed by atoms with van der Waals surface area (Å²) >= 11 is 0. The molecule has 1 amide bonds. The number of hydrogen-bond donors (Lipinski definition) is 2. The number of fused-ring (bicyclic) bond motifs is 2. The molecule has 3 aromatic rings. The molecule has 3 aromatic heterocycles. The Kier molecular flexibility index (Phi) is 5.44. The van der Waals surface area contributed by atoms with Gasteiger partial charge in [-0.3, -0.25) is 14.7 Å². The van der Waals surface area contributed by atoms with E-state index in [1.807, 2.05) is 17.0 Å². The van der Waals surface area contributed by atoms with Gasteiger partial charge in [-0.25, -0.2) is 13.9 Å². The molecule has 0 aliphatic carbocycles. The maximum absolute atomic E-state index is 14.9. The fourth-order valence-corrected chi connectivity index (χ4v) is 4.73. The number of anilines is 1. The first kappa shape index (κ1) is 23.4. The van der Waals surface area contributed by atoms with Gasteiger partial charge in [-0.1, -0.05) is 0 Å². The lowest BCUT2D eigenvalue weighted by Gasteiger charge is -2.34. The Labute approximate surface area is 197 Å². The summed E-state index contributed by atoms with van der Waals surface area (Å²) in [5, 5.41) is 14.0. The number of alkyl halides is 4. The minimum Gasteiger partial charge on any atom is -0.382 e. The Morgan fingerprint density at radius 1 is 1.23 bits per heavy atom. The number of halogens is 4. The van der Waals surface area contributed by atoms with Gasteiger partial charge in [0.2, 0.25) is 5.60 Å². The first-order valence-electron chi connectivity index (χ1n) is 11.0. The fourth-order valence-electron chi connectivity index (χ4n) is 4.73. The number of carbonyl (C=O) groups is 1. The molecule has 3 N–H and O–H groups in total. The van der Waals surface area contributed by atoms with Gasteiger partial charge in [0, 0.05) is 43.5 Å². The lowest BCUT2D eigenvalue weighted by molar-refractivity contribution is -0.249. The highest BCUT2D eigenvalue weighted by atomic mass is 19.4. The van der Waals surface area contributed by atoms with Crippen LogP contribution in [-0.4, -0.2) is 84.0 Å². The van der Waals surface area contributed by atoms with E-state index in [-0.39, 0.29) is 6.54 Å². The molecular formula is C22H23F4N7O2. The van der Waals surface area contributed by atoms with Crippen LogP contribution in [0.1, 0.15) is 18.2 Å². The van der Waals surface area contributed by atoms with E-state index in [4.69, 9.17) is 5.73 Å². The number of aromatic nitrogens is 4. The number of likely N-dealkylation sites (tertiary alicyclic amines) is 1. The van der Waals surface area contributed by atoms with E-state index in [0.29, 0.717) is 37.8 Å². The highest BCUT2D eigenvalue weighted by Crippen LogP contribution is 2.34. The van der Waals surface area contributed by atoms with E-state index in [1.54, 1.807) is 16.8 Å². The second-order valence-corrected chi connectivity index (χ2v) is 9.07. The minimum atomic E-state index is -5.15. The van der Waals surface area contributed by atoms with Gasteiger partial charge in [-0.05, 0) is 30.7 Å². The zero-order valence-corrected chi connectivity index (χ0v) is 18.7. The molecule has 0 saturated carbocycles. The number of amides is 1. The number of nitrogens with zero attached hydrogens (tertiary/aromatic N) is 6. The van der Waals surface area contributed by atoms with Gasteiger partial charge in [-0.15, -0.1) is 0 Å². The number of hydrogen-bond acceptors (Lipinski definition) is 7. The van der Waals surface area contributed by atoms with Crippen LogP contribution in [0.3, 0.4) is 0 Å². The fraction of sp³-hybridized carbons (Fsp3) is 0.455. The molecule has 1 fully saturated rings. The molecule has 9 nitrogen and oxygen atoms in total. The Morgan fingerprint density at radius 2 is 2.00 bits per heavy atom. The average molecular weight is 493 g/mol. The van der Waals surface area contributed by atoms with Gasteiger partial charge < -0.3 is 15.7 Å². The molecule has 0 aromatic carbocycles. The van der Waals surface area contributed by atoms with Crippen LogP contribution in [0.2, 0.25) is 0 Å². The van der Waals surface area contributed by atoms with E-state index in [0.717, 1.165) is 27.4 Å². The van der Waals surface area contributed by atoms with Gasteiger partial charge in [0.1, 0.15) is 18.0 Å². The molecule has 2 aliphatic heterocycles. The smallest absolute Gasteiger partial charge is 0.382 e. The molecule has 0 bridgehead atoms. The molecule has 35 heavy (non-hydrogen) atoms. The van der Waals surface area contributed by atoms with Crippen molar-refractivity contribution < 1.29 is 27.5 Å². The van der Waals surface area contributed by atoms with Crippen LogP contribution in [0.25, 0.3) is 16.8 Å². The Hall–Kier alpha value is -3.32. The lowest BCUT2D eigenvalue weighted by Crippen LogP contribution is -2.56. The van der Waals surface area contributed by atoms with Gasteiger partial charge in [0.25, 0.3) is 5.91 Å². The summed E-state index contributed by atoms with van der Waals surface area (Å²) < 4.78 is 55.9. The topological polar surface area (TPSA) is 113 Å². The van der Waals surface area contributed by atoms with Crippen molar-refractivity contribution in [3.8, 4) is 11.3 Å². The Morgan fingerprint density at radius 3 is 2.74 bits per heavy atom. The number of pyridine rings is 1. The molecular weight excluding hydrogens is 470 g/mol. The molecule has 13 heteroatoms. The van der Waals surface area contributed by atoms with Gasteiger partial charge in [0.15, 0.2) is 5.82 Å². The second-order valence-electron chi connectivity index (χ2n) is 9.07. The van der Waals surface area contributed by atoms with Gasteiger partial charge in [-0.2, -0.15) is 18.3 Å². The highest BCUT2D eigenvalue weighted by molar-refractivity contribution is 5.86. The van der Waals surface area contributed by atoms with E-state index < -0.39 is 36.4 Å². The summed E-state index contributed by atoms with van der Waals surface area (Å²) in [5.74, 6) is -1.21. The van der Waals surface area contributed by atoms with Crippen molar-refractivity contribution in [2.45, 2.75) is 43.9 Å².